The second-order valence-corrected chi connectivity index (χ2v) is 3.94. The standard InChI is InChI=1S/C10H20N4O2/c1-11-9(15)13-7-5-3-4-6-8(7)14-10(16)12-2/h7-8H,3-6H2,1-2H3,(H2,11,13,15)(H2,12,14,16)/t7-,8+. The molecule has 1 saturated carbocycles. The van der Waals surface area contributed by atoms with Crippen molar-refractivity contribution in [3.63, 3.8) is 0 Å². The smallest absolute Gasteiger partial charge is 0.314 e. The molecule has 4 N–H and O–H groups in total. The van der Waals surface area contributed by atoms with E-state index < -0.39 is 0 Å². The Hall–Kier alpha value is -1.46. The molecule has 1 aliphatic rings. The van der Waals surface area contributed by atoms with Crippen LogP contribution in [0.3, 0.4) is 0 Å². The average molecular weight is 228 g/mol. The van der Waals surface area contributed by atoms with Gasteiger partial charge in [-0.15, -0.1) is 0 Å². The van der Waals surface area contributed by atoms with Crippen LogP contribution < -0.4 is 21.3 Å². The zero-order chi connectivity index (χ0) is 12.0. The summed E-state index contributed by atoms with van der Waals surface area (Å²) >= 11 is 0. The predicted molar refractivity (Wildman–Crippen MR) is 61.2 cm³/mol. The quantitative estimate of drug-likeness (QED) is 0.543. The van der Waals surface area contributed by atoms with Crippen molar-refractivity contribution in [1.29, 1.82) is 0 Å². The van der Waals surface area contributed by atoms with Crippen molar-refractivity contribution in [1.82, 2.24) is 21.3 Å². The summed E-state index contributed by atoms with van der Waals surface area (Å²) in [6.45, 7) is 0. The monoisotopic (exact) mass is 228 g/mol. The Kier molecular flexibility index (Phi) is 4.88. The number of carbonyl (C=O) groups excluding carboxylic acids is 2. The molecule has 2 atom stereocenters. The van der Waals surface area contributed by atoms with Gasteiger partial charge in [0, 0.05) is 14.1 Å². The van der Waals surface area contributed by atoms with E-state index in [-0.39, 0.29) is 24.1 Å². The molecule has 0 radical (unpaired) electrons. The van der Waals surface area contributed by atoms with Crippen molar-refractivity contribution in [2.45, 2.75) is 37.8 Å². The van der Waals surface area contributed by atoms with Crippen LogP contribution in [0.1, 0.15) is 25.7 Å². The van der Waals surface area contributed by atoms with Gasteiger partial charge in [0.15, 0.2) is 0 Å². The highest BCUT2D eigenvalue weighted by Crippen LogP contribution is 2.18. The number of hydrogen-bond acceptors (Lipinski definition) is 2. The van der Waals surface area contributed by atoms with Gasteiger partial charge in [0.25, 0.3) is 0 Å². The van der Waals surface area contributed by atoms with Crippen LogP contribution in [-0.2, 0) is 0 Å². The largest absolute Gasteiger partial charge is 0.341 e. The van der Waals surface area contributed by atoms with Gasteiger partial charge in [-0.3, -0.25) is 0 Å². The van der Waals surface area contributed by atoms with Crippen molar-refractivity contribution in [2.75, 3.05) is 14.1 Å². The molecule has 0 spiro atoms. The first-order chi connectivity index (χ1) is 7.67. The van der Waals surface area contributed by atoms with Gasteiger partial charge in [0.1, 0.15) is 0 Å². The molecule has 6 heteroatoms. The molecule has 1 rings (SSSR count). The molecule has 0 aromatic heterocycles. The predicted octanol–water partition coefficient (Wildman–Crippen LogP) is 0.156. The molecule has 6 nitrogen and oxygen atoms in total. The van der Waals surface area contributed by atoms with Crippen LogP contribution in [0.15, 0.2) is 0 Å². The summed E-state index contributed by atoms with van der Waals surface area (Å²) < 4.78 is 0. The molecule has 0 aliphatic heterocycles. The molecular weight excluding hydrogens is 208 g/mol. The lowest BCUT2D eigenvalue weighted by Crippen LogP contribution is -2.56. The minimum Gasteiger partial charge on any atom is -0.341 e. The van der Waals surface area contributed by atoms with Gasteiger partial charge < -0.3 is 21.3 Å². The fourth-order valence-electron chi connectivity index (χ4n) is 1.96. The molecule has 0 saturated heterocycles. The third-order valence-electron chi connectivity index (χ3n) is 2.85. The van der Waals surface area contributed by atoms with Crippen molar-refractivity contribution in [3.05, 3.63) is 0 Å². The van der Waals surface area contributed by atoms with Gasteiger partial charge in [-0.2, -0.15) is 0 Å². The number of carbonyl (C=O) groups is 2. The molecule has 16 heavy (non-hydrogen) atoms. The van der Waals surface area contributed by atoms with Crippen LogP contribution in [0.4, 0.5) is 9.59 Å². The maximum atomic E-state index is 11.2. The van der Waals surface area contributed by atoms with Gasteiger partial charge >= 0.3 is 12.1 Å². The first kappa shape index (κ1) is 12.6. The average Bonchev–Trinajstić information content (AvgIpc) is 2.31. The Morgan fingerprint density at radius 3 is 1.56 bits per heavy atom. The third kappa shape index (κ3) is 3.60. The van der Waals surface area contributed by atoms with Crippen LogP contribution in [0.5, 0.6) is 0 Å². The van der Waals surface area contributed by atoms with Crippen LogP contribution in [0, 0.1) is 0 Å². The van der Waals surface area contributed by atoms with Crippen molar-refractivity contribution >= 4 is 12.1 Å². The van der Waals surface area contributed by atoms with Crippen LogP contribution in [0.2, 0.25) is 0 Å². The van der Waals surface area contributed by atoms with E-state index in [1.807, 2.05) is 0 Å². The molecule has 92 valence electrons. The van der Waals surface area contributed by atoms with E-state index in [1.165, 1.54) is 0 Å². The minimum atomic E-state index is -0.199. The summed E-state index contributed by atoms with van der Waals surface area (Å²) in [5.74, 6) is 0. The first-order valence-electron chi connectivity index (χ1n) is 5.64. The molecule has 0 aromatic carbocycles. The Labute approximate surface area is 95.5 Å². The molecular formula is C10H20N4O2. The second-order valence-electron chi connectivity index (χ2n) is 3.94. The summed E-state index contributed by atoms with van der Waals surface area (Å²) in [6, 6.07) is -0.358. The van der Waals surface area contributed by atoms with Gasteiger partial charge in [-0.25, -0.2) is 9.59 Å². The Morgan fingerprint density at radius 2 is 1.25 bits per heavy atom. The molecule has 1 aliphatic carbocycles. The summed E-state index contributed by atoms with van der Waals surface area (Å²) in [5, 5.41) is 10.8. The summed E-state index contributed by atoms with van der Waals surface area (Å²) in [4.78, 5) is 22.5. The van der Waals surface area contributed by atoms with E-state index in [4.69, 9.17) is 0 Å². The van der Waals surface area contributed by atoms with E-state index in [0.29, 0.717) is 0 Å². The number of nitrogens with one attached hydrogen (secondary N) is 4. The van der Waals surface area contributed by atoms with Crippen molar-refractivity contribution < 1.29 is 9.59 Å². The minimum absolute atomic E-state index is 0.0194. The third-order valence-corrected chi connectivity index (χ3v) is 2.85. The Morgan fingerprint density at radius 1 is 0.875 bits per heavy atom. The highest BCUT2D eigenvalue weighted by atomic mass is 16.2. The molecule has 0 heterocycles. The van der Waals surface area contributed by atoms with E-state index in [2.05, 4.69) is 21.3 Å². The number of hydrogen-bond donors (Lipinski definition) is 4. The van der Waals surface area contributed by atoms with Crippen molar-refractivity contribution in [2.24, 2.45) is 0 Å². The maximum absolute atomic E-state index is 11.2. The van der Waals surface area contributed by atoms with Gasteiger partial charge in [-0.05, 0) is 12.8 Å². The molecule has 1 fully saturated rings. The summed E-state index contributed by atoms with van der Waals surface area (Å²) in [5.41, 5.74) is 0. The fraction of sp³-hybridized carbons (Fsp3) is 0.800. The Balaban J connectivity index is 2.49. The van der Waals surface area contributed by atoms with Gasteiger partial charge in [0.2, 0.25) is 0 Å². The lowest BCUT2D eigenvalue weighted by atomic mass is 9.90. The Bertz CT molecular complexity index is 231. The summed E-state index contributed by atoms with van der Waals surface area (Å²) in [6.07, 6.45) is 3.98. The molecule has 0 bridgehead atoms. The van der Waals surface area contributed by atoms with E-state index >= 15 is 0 Å². The second kappa shape index (κ2) is 6.19. The maximum Gasteiger partial charge on any atom is 0.314 e. The number of amides is 4. The molecule has 0 aromatic rings. The van der Waals surface area contributed by atoms with Gasteiger partial charge in [-0.1, -0.05) is 12.8 Å². The normalized spacial score (nSPS) is 24.4. The van der Waals surface area contributed by atoms with Crippen LogP contribution in [0.25, 0.3) is 0 Å². The van der Waals surface area contributed by atoms with Crippen LogP contribution in [-0.4, -0.2) is 38.2 Å². The number of urea groups is 2. The topological polar surface area (TPSA) is 82.3 Å². The zero-order valence-corrected chi connectivity index (χ0v) is 9.80. The van der Waals surface area contributed by atoms with Crippen LogP contribution >= 0.6 is 0 Å². The number of rotatable bonds is 2. The van der Waals surface area contributed by atoms with E-state index in [0.717, 1.165) is 25.7 Å². The fourth-order valence-corrected chi connectivity index (χ4v) is 1.96. The SMILES string of the molecule is CNC(=O)N[C@H]1CCCC[C@H]1NC(=O)NC. The lowest BCUT2D eigenvalue weighted by Gasteiger charge is -2.32. The summed E-state index contributed by atoms with van der Waals surface area (Å²) in [7, 11) is 3.17. The van der Waals surface area contributed by atoms with Gasteiger partial charge in [0.05, 0.1) is 12.1 Å². The first-order valence-corrected chi connectivity index (χ1v) is 5.64. The highest BCUT2D eigenvalue weighted by molar-refractivity contribution is 5.75. The lowest BCUT2D eigenvalue weighted by molar-refractivity contribution is 0.215. The molecule has 4 amide bonds. The van der Waals surface area contributed by atoms with E-state index in [9.17, 15) is 9.59 Å². The highest BCUT2D eigenvalue weighted by Gasteiger charge is 2.27. The van der Waals surface area contributed by atoms with E-state index in [1.54, 1.807) is 14.1 Å². The molecule has 0 unspecified atom stereocenters. The zero-order valence-electron chi connectivity index (χ0n) is 9.80. The van der Waals surface area contributed by atoms with Crippen molar-refractivity contribution in [3.8, 4) is 0 Å².